The summed E-state index contributed by atoms with van der Waals surface area (Å²) in [5, 5.41) is 17.9. The second-order valence-electron chi connectivity index (χ2n) is 5.32. The summed E-state index contributed by atoms with van der Waals surface area (Å²) in [4.78, 5) is 25.1. The lowest BCUT2D eigenvalue weighted by Gasteiger charge is -2.32. The highest BCUT2D eigenvalue weighted by atomic mass is 16.3. The van der Waals surface area contributed by atoms with E-state index >= 15 is 0 Å². The minimum atomic E-state index is -1.21. The fourth-order valence-electron chi connectivity index (χ4n) is 1.73. The molecule has 4 N–H and O–H groups in total. The SMILES string of the molecule is CNC(=O)[C@H](CC(C)C)N(C)C(O)NC(=O)[C@H](C)NC. The first kappa shape index (κ1) is 18.8. The minimum absolute atomic E-state index is 0.184. The van der Waals surface area contributed by atoms with Crippen molar-refractivity contribution in [2.75, 3.05) is 21.1 Å². The average Bonchev–Trinajstić information content (AvgIpc) is 2.41. The Bertz CT molecular complexity index is 323. The molecule has 0 radical (unpaired) electrons. The van der Waals surface area contributed by atoms with E-state index in [0.717, 1.165) is 0 Å². The van der Waals surface area contributed by atoms with Crippen LogP contribution in [0.2, 0.25) is 0 Å². The van der Waals surface area contributed by atoms with Gasteiger partial charge in [-0.25, -0.2) is 0 Å². The van der Waals surface area contributed by atoms with E-state index in [4.69, 9.17) is 0 Å². The number of carbonyl (C=O) groups excluding carboxylic acids is 2. The third-order valence-electron chi connectivity index (χ3n) is 3.22. The van der Waals surface area contributed by atoms with Crippen molar-refractivity contribution in [3.05, 3.63) is 0 Å². The number of rotatable bonds is 8. The lowest BCUT2D eigenvalue weighted by Crippen LogP contribution is -2.57. The smallest absolute Gasteiger partial charge is 0.239 e. The third-order valence-corrected chi connectivity index (χ3v) is 3.22. The molecule has 0 aliphatic carbocycles. The zero-order valence-electron chi connectivity index (χ0n) is 13.2. The number of aliphatic hydroxyl groups excluding tert-OH is 1. The second-order valence-corrected chi connectivity index (χ2v) is 5.32. The van der Waals surface area contributed by atoms with E-state index in [0.29, 0.717) is 12.3 Å². The van der Waals surface area contributed by atoms with Crippen LogP contribution in [0.25, 0.3) is 0 Å². The van der Waals surface area contributed by atoms with E-state index in [1.165, 1.54) is 4.90 Å². The Balaban J connectivity index is 4.74. The molecule has 0 aliphatic rings. The lowest BCUT2D eigenvalue weighted by molar-refractivity contribution is -0.139. The van der Waals surface area contributed by atoms with Gasteiger partial charge in [0.1, 0.15) is 0 Å². The number of hydrogen-bond acceptors (Lipinski definition) is 5. The molecule has 1 unspecified atom stereocenters. The highest BCUT2D eigenvalue weighted by molar-refractivity contribution is 5.82. The molecule has 0 heterocycles. The summed E-state index contributed by atoms with van der Waals surface area (Å²) >= 11 is 0. The lowest BCUT2D eigenvalue weighted by atomic mass is 10.0. The number of nitrogens with zero attached hydrogens (tertiary/aromatic N) is 1. The minimum Gasteiger partial charge on any atom is -0.361 e. The average molecular weight is 288 g/mol. The molecule has 0 aliphatic heterocycles. The zero-order chi connectivity index (χ0) is 15.9. The summed E-state index contributed by atoms with van der Waals surface area (Å²) in [7, 11) is 4.82. The van der Waals surface area contributed by atoms with Crippen molar-refractivity contribution in [1.82, 2.24) is 20.9 Å². The predicted molar refractivity (Wildman–Crippen MR) is 77.7 cm³/mol. The molecule has 3 atom stereocenters. The van der Waals surface area contributed by atoms with Gasteiger partial charge < -0.3 is 21.1 Å². The van der Waals surface area contributed by atoms with Gasteiger partial charge >= 0.3 is 0 Å². The van der Waals surface area contributed by atoms with Gasteiger partial charge in [-0.15, -0.1) is 0 Å². The molecule has 0 fully saturated rings. The van der Waals surface area contributed by atoms with Crippen LogP contribution in [0.4, 0.5) is 0 Å². The van der Waals surface area contributed by atoms with Gasteiger partial charge in [-0.1, -0.05) is 13.8 Å². The Labute approximate surface area is 121 Å². The van der Waals surface area contributed by atoms with Crippen LogP contribution in [0.5, 0.6) is 0 Å². The first-order valence-corrected chi connectivity index (χ1v) is 6.83. The highest BCUT2D eigenvalue weighted by Gasteiger charge is 2.29. The molecular formula is C13H28N4O3. The monoisotopic (exact) mass is 288 g/mol. The van der Waals surface area contributed by atoms with Crippen LogP contribution in [0, 0.1) is 5.92 Å². The van der Waals surface area contributed by atoms with Crippen molar-refractivity contribution >= 4 is 11.8 Å². The van der Waals surface area contributed by atoms with E-state index in [1.54, 1.807) is 28.1 Å². The predicted octanol–water partition coefficient (Wildman–Crippen LogP) is -0.921. The number of amides is 2. The maximum Gasteiger partial charge on any atom is 0.239 e. The summed E-state index contributed by atoms with van der Waals surface area (Å²) in [6.07, 6.45) is -0.621. The van der Waals surface area contributed by atoms with Crippen molar-refractivity contribution in [1.29, 1.82) is 0 Å². The van der Waals surface area contributed by atoms with Crippen molar-refractivity contribution in [3.8, 4) is 0 Å². The van der Waals surface area contributed by atoms with E-state index in [1.807, 2.05) is 13.8 Å². The Morgan fingerprint density at radius 2 is 1.70 bits per heavy atom. The van der Waals surface area contributed by atoms with Gasteiger partial charge in [-0.2, -0.15) is 0 Å². The normalized spacial score (nSPS) is 15.8. The summed E-state index contributed by atoms with van der Waals surface area (Å²) in [6, 6.07) is -0.915. The van der Waals surface area contributed by atoms with Crippen LogP contribution >= 0.6 is 0 Å². The first-order chi connectivity index (χ1) is 9.24. The quantitative estimate of drug-likeness (QED) is 0.433. The largest absolute Gasteiger partial charge is 0.361 e. The molecule has 0 aromatic rings. The molecule has 0 bridgehead atoms. The maximum absolute atomic E-state index is 11.9. The highest BCUT2D eigenvalue weighted by Crippen LogP contribution is 2.11. The Morgan fingerprint density at radius 3 is 2.10 bits per heavy atom. The van der Waals surface area contributed by atoms with Crippen molar-refractivity contribution in [2.24, 2.45) is 5.92 Å². The van der Waals surface area contributed by atoms with Gasteiger partial charge in [0.05, 0.1) is 12.1 Å². The van der Waals surface area contributed by atoms with Crippen LogP contribution in [0.15, 0.2) is 0 Å². The Hall–Kier alpha value is -1.18. The fourth-order valence-corrected chi connectivity index (χ4v) is 1.73. The molecule has 0 spiro atoms. The van der Waals surface area contributed by atoms with Crippen molar-refractivity contribution in [2.45, 2.75) is 45.6 Å². The third kappa shape index (κ3) is 5.85. The summed E-state index contributed by atoms with van der Waals surface area (Å²) in [6.45, 7) is 5.68. The van der Waals surface area contributed by atoms with Crippen LogP contribution < -0.4 is 16.0 Å². The molecular weight excluding hydrogens is 260 g/mol. The van der Waals surface area contributed by atoms with E-state index in [-0.39, 0.29) is 11.8 Å². The topological polar surface area (TPSA) is 93.7 Å². The van der Waals surface area contributed by atoms with Crippen LogP contribution in [-0.4, -0.2) is 61.4 Å². The summed E-state index contributed by atoms with van der Waals surface area (Å²) < 4.78 is 0. The standard InChI is InChI=1S/C13H28N4O3/c1-8(2)7-10(12(19)15-5)17(6)13(20)16-11(18)9(3)14-4/h8-10,13-14,20H,7H2,1-6H3,(H,15,19)(H,16,18)/t9-,10-,13?/m0/s1. The van der Waals surface area contributed by atoms with Gasteiger partial charge in [0.15, 0.2) is 6.35 Å². The number of aliphatic hydroxyl groups is 1. The van der Waals surface area contributed by atoms with Crippen LogP contribution in [-0.2, 0) is 9.59 Å². The van der Waals surface area contributed by atoms with Gasteiger partial charge in [-0.05, 0) is 33.4 Å². The second kappa shape index (κ2) is 8.89. The van der Waals surface area contributed by atoms with E-state index < -0.39 is 18.4 Å². The number of hydrogen-bond donors (Lipinski definition) is 4. The maximum atomic E-state index is 11.9. The Kier molecular flexibility index (Phi) is 8.36. The molecule has 0 aromatic carbocycles. The molecule has 118 valence electrons. The molecule has 0 saturated carbocycles. The molecule has 2 amide bonds. The van der Waals surface area contributed by atoms with Crippen molar-refractivity contribution < 1.29 is 14.7 Å². The van der Waals surface area contributed by atoms with Crippen LogP contribution in [0.3, 0.4) is 0 Å². The number of carbonyl (C=O) groups is 2. The van der Waals surface area contributed by atoms with Crippen LogP contribution in [0.1, 0.15) is 27.2 Å². The first-order valence-electron chi connectivity index (χ1n) is 6.83. The molecule has 0 rings (SSSR count). The van der Waals surface area contributed by atoms with Gasteiger partial charge in [-0.3, -0.25) is 14.5 Å². The van der Waals surface area contributed by atoms with Crippen molar-refractivity contribution in [3.63, 3.8) is 0 Å². The van der Waals surface area contributed by atoms with E-state index in [9.17, 15) is 14.7 Å². The molecule has 0 aromatic heterocycles. The van der Waals surface area contributed by atoms with E-state index in [2.05, 4.69) is 16.0 Å². The summed E-state index contributed by atoms with van der Waals surface area (Å²) in [5.74, 6) is -0.220. The molecule has 20 heavy (non-hydrogen) atoms. The number of nitrogens with one attached hydrogen (secondary N) is 3. The van der Waals surface area contributed by atoms with Gasteiger partial charge in [0.2, 0.25) is 11.8 Å². The molecule has 7 nitrogen and oxygen atoms in total. The number of likely N-dealkylation sites (N-methyl/N-ethyl adjacent to an activating group) is 3. The Morgan fingerprint density at radius 1 is 1.15 bits per heavy atom. The molecule has 0 saturated heterocycles. The van der Waals surface area contributed by atoms with Gasteiger partial charge in [0.25, 0.3) is 0 Å². The fraction of sp³-hybridized carbons (Fsp3) is 0.846. The van der Waals surface area contributed by atoms with Gasteiger partial charge in [0, 0.05) is 7.05 Å². The zero-order valence-corrected chi connectivity index (χ0v) is 13.2. The summed E-state index contributed by atoms with van der Waals surface area (Å²) in [5.41, 5.74) is 0. The molecule has 7 heteroatoms.